The summed E-state index contributed by atoms with van der Waals surface area (Å²) in [5.41, 5.74) is 0. The van der Waals surface area contributed by atoms with Crippen molar-refractivity contribution in [2.24, 2.45) is 0 Å². The highest BCUT2D eigenvalue weighted by Crippen LogP contribution is 2.23. The molecular formula is C9H10Cl2O3S. The summed E-state index contributed by atoms with van der Waals surface area (Å²) in [6.07, 6.45) is 0.619. The summed E-state index contributed by atoms with van der Waals surface area (Å²) in [6, 6.07) is 4.07. The largest absolute Gasteiger partial charge is 0.297 e. The number of hydrogen-bond acceptors (Lipinski definition) is 3. The third-order valence-corrected chi connectivity index (χ3v) is 3.29. The van der Waals surface area contributed by atoms with Gasteiger partial charge in [-0.25, -0.2) is 0 Å². The van der Waals surface area contributed by atoms with E-state index >= 15 is 0 Å². The van der Waals surface area contributed by atoms with E-state index in [0.29, 0.717) is 6.42 Å². The average Bonchev–Trinajstić information content (AvgIpc) is 2.13. The van der Waals surface area contributed by atoms with Crippen molar-refractivity contribution >= 4 is 33.3 Å². The molecule has 6 heteroatoms. The Kier molecular flexibility index (Phi) is 4.40. The minimum absolute atomic E-state index is 0.0200. The van der Waals surface area contributed by atoms with Crippen LogP contribution in [0.15, 0.2) is 23.1 Å². The standard InChI is InChI=1S/C9H10Cl2O3S/c1-2-3-14-15(12,13)9-5-7(10)4-8(11)6-9/h4-6H,2-3H2,1H3. The topological polar surface area (TPSA) is 43.4 Å². The molecule has 0 amide bonds. The van der Waals surface area contributed by atoms with Crippen LogP contribution in [0.2, 0.25) is 10.0 Å². The minimum Gasteiger partial charge on any atom is -0.266 e. The fourth-order valence-electron chi connectivity index (χ4n) is 0.934. The highest BCUT2D eigenvalue weighted by molar-refractivity contribution is 7.86. The molecule has 0 bridgehead atoms. The quantitative estimate of drug-likeness (QED) is 0.789. The third kappa shape index (κ3) is 3.65. The van der Waals surface area contributed by atoms with Crippen LogP contribution in [0.5, 0.6) is 0 Å². The Morgan fingerprint density at radius 2 is 1.73 bits per heavy atom. The molecule has 0 aromatic heterocycles. The smallest absolute Gasteiger partial charge is 0.266 e. The van der Waals surface area contributed by atoms with Gasteiger partial charge in [-0.05, 0) is 24.6 Å². The maximum absolute atomic E-state index is 11.6. The van der Waals surface area contributed by atoms with E-state index in [4.69, 9.17) is 27.4 Å². The summed E-state index contributed by atoms with van der Waals surface area (Å²) >= 11 is 11.4. The molecule has 3 nitrogen and oxygen atoms in total. The van der Waals surface area contributed by atoms with Crippen LogP contribution in [-0.4, -0.2) is 15.0 Å². The van der Waals surface area contributed by atoms with Gasteiger partial charge in [-0.1, -0.05) is 30.1 Å². The second-order valence-electron chi connectivity index (χ2n) is 2.88. The van der Waals surface area contributed by atoms with Gasteiger partial charge in [0.1, 0.15) is 0 Å². The van der Waals surface area contributed by atoms with E-state index in [2.05, 4.69) is 0 Å². The lowest BCUT2D eigenvalue weighted by Crippen LogP contribution is -2.07. The Labute approximate surface area is 99.1 Å². The highest BCUT2D eigenvalue weighted by atomic mass is 35.5. The lowest BCUT2D eigenvalue weighted by Gasteiger charge is -2.05. The van der Waals surface area contributed by atoms with Gasteiger partial charge < -0.3 is 0 Å². The molecule has 0 aliphatic carbocycles. The molecule has 0 saturated carbocycles. The zero-order chi connectivity index (χ0) is 11.5. The molecule has 1 aromatic rings. The molecule has 15 heavy (non-hydrogen) atoms. The van der Waals surface area contributed by atoms with Crippen molar-refractivity contribution in [3.05, 3.63) is 28.2 Å². The van der Waals surface area contributed by atoms with Crippen molar-refractivity contribution in [1.82, 2.24) is 0 Å². The van der Waals surface area contributed by atoms with Gasteiger partial charge in [0.2, 0.25) is 0 Å². The van der Waals surface area contributed by atoms with Crippen molar-refractivity contribution < 1.29 is 12.6 Å². The number of hydrogen-bond donors (Lipinski definition) is 0. The Morgan fingerprint density at radius 3 is 2.20 bits per heavy atom. The second kappa shape index (κ2) is 5.16. The van der Waals surface area contributed by atoms with Crippen LogP contribution >= 0.6 is 23.2 Å². The molecule has 0 unspecified atom stereocenters. The first-order valence-corrected chi connectivity index (χ1v) is 6.47. The molecule has 0 saturated heterocycles. The van der Waals surface area contributed by atoms with Crippen molar-refractivity contribution in [3.63, 3.8) is 0 Å². The first-order chi connectivity index (χ1) is 6.95. The number of halogens is 2. The van der Waals surface area contributed by atoms with E-state index in [1.807, 2.05) is 6.92 Å². The van der Waals surface area contributed by atoms with Crippen molar-refractivity contribution in [1.29, 1.82) is 0 Å². The van der Waals surface area contributed by atoms with E-state index in [1.54, 1.807) is 0 Å². The Hall–Kier alpha value is -0.290. The van der Waals surface area contributed by atoms with Gasteiger partial charge in [0.25, 0.3) is 10.1 Å². The highest BCUT2D eigenvalue weighted by Gasteiger charge is 2.15. The van der Waals surface area contributed by atoms with Crippen LogP contribution in [-0.2, 0) is 14.3 Å². The summed E-state index contributed by atoms with van der Waals surface area (Å²) < 4.78 is 27.8. The molecular weight excluding hydrogens is 259 g/mol. The van der Waals surface area contributed by atoms with Crippen molar-refractivity contribution in [2.45, 2.75) is 18.2 Å². The fraction of sp³-hybridized carbons (Fsp3) is 0.333. The van der Waals surface area contributed by atoms with E-state index in [0.717, 1.165) is 0 Å². The lowest BCUT2D eigenvalue weighted by molar-refractivity contribution is 0.318. The second-order valence-corrected chi connectivity index (χ2v) is 5.37. The molecule has 0 heterocycles. The molecule has 1 aromatic carbocycles. The van der Waals surface area contributed by atoms with Gasteiger partial charge in [0.15, 0.2) is 0 Å². The number of benzene rings is 1. The number of rotatable bonds is 4. The minimum atomic E-state index is -3.74. The first kappa shape index (κ1) is 12.8. The van der Waals surface area contributed by atoms with E-state index in [9.17, 15) is 8.42 Å². The zero-order valence-electron chi connectivity index (χ0n) is 8.04. The summed E-state index contributed by atoms with van der Waals surface area (Å²) in [5, 5.41) is 0.530. The average molecular weight is 269 g/mol. The van der Waals surface area contributed by atoms with Gasteiger partial charge in [-0.15, -0.1) is 0 Å². The van der Waals surface area contributed by atoms with Crippen LogP contribution in [0.1, 0.15) is 13.3 Å². The normalized spacial score (nSPS) is 11.7. The molecule has 0 aliphatic rings. The molecule has 84 valence electrons. The Bertz CT molecular complexity index is 422. The molecule has 0 fully saturated rings. The molecule has 0 atom stereocenters. The monoisotopic (exact) mass is 268 g/mol. The van der Waals surface area contributed by atoms with Gasteiger partial charge in [0.05, 0.1) is 11.5 Å². The zero-order valence-corrected chi connectivity index (χ0v) is 10.4. The predicted octanol–water partition coefficient (Wildman–Crippen LogP) is 3.11. The SMILES string of the molecule is CCCOS(=O)(=O)c1cc(Cl)cc(Cl)c1. The van der Waals surface area contributed by atoms with Crippen molar-refractivity contribution in [2.75, 3.05) is 6.61 Å². The van der Waals surface area contributed by atoms with Gasteiger partial charge in [-0.3, -0.25) is 4.18 Å². The molecule has 0 spiro atoms. The molecule has 0 N–H and O–H groups in total. The molecule has 0 aliphatic heterocycles. The maximum atomic E-state index is 11.6. The van der Waals surface area contributed by atoms with E-state index in [1.165, 1.54) is 18.2 Å². The van der Waals surface area contributed by atoms with Crippen LogP contribution in [0.25, 0.3) is 0 Å². The van der Waals surface area contributed by atoms with Crippen LogP contribution in [0.4, 0.5) is 0 Å². The summed E-state index contributed by atoms with van der Waals surface area (Å²) in [4.78, 5) is -0.0200. The Balaban J connectivity index is 3.04. The van der Waals surface area contributed by atoms with Crippen LogP contribution in [0.3, 0.4) is 0 Å². The fourth-order valence-corrected chi connectivity index (χ4v) is 2.65. The van der Waals surface area contributed by atoms with Gasteiger partial charge in [0, 0.05) is 10.0 Å². The summed E-state index contributed by atoms with van der Waals surface area (Å²) in [7, 11) is -3.74. The summed E-state index contributed by atoms with van der Waals surface area (Å²) in [6.45, 7) is 1.97. The third-order valence-electron chi connectivity index (χ3n) is 1.57. The molecule has 0 radical (unpaired) electrons. The first-order valence-electron chi connectivity index (χ1n) is 4.31. The van der Waals surface area contributed by atoms with Crippen LogP contribution in [0, 0.1) is 0 Å². The Morgan fingerprint density at radius 1 is 1.20 bits per heavy atom. The van der Waals surface area contributed by atoms with Crippen molar-refractivity contribution in [3.8, 4) is 0 Å². The molecule has 1 rings (SSSR count). The maximum Gasteiger partial charge on any atom is 0.297 e. The van der Waals surface area contributed by atoms with Gasteiger partial charge in [-0.2, -0.15) is 8.42 Å². The predicted molar refractivity (Wildman–Crippen MR) is 59.9 cm³/mol. The van der Waals surface area contributed by atoms with Gasteiger partial charge >= 0.3 is 0 Å². The van der Waals surface area contributed by atoms with E-state index < -0.39 is 10.1 Å². The lowest BCUT2D eigenvalue weighted by atomic mass is 10.4. The summed E-state index contributed by atoms with van der Waals surface area (Å²) in [5.74, 6) is 0. The van der Waals surface area contributed by atoms with E-state index in [-0.39, 0.29) is 21.5 Å². The van der Waals surface area contributed by atoms with Crippen LogP contribution < -0.4 is 0 Å².